The molecular weight excluding hydrogens is 458 g/mol. The number of ether oxygens (including phenoxy) is 1. The lowest BCUT2D eigenvalue weighted by Gasteiger charge is -2.36. The van der Waals surface area contributed by atoms with E-state index in [0.717, 1.165) is 31.7 Å². The number of nitrogens with zero attached hydrogens (tertiary/aromatic N) is 2. The van der Waals surface area contributed by atoms with Crippen LogP contribution in [0.4, 0.5) is 0 Å². The van der Waals surface area contributed by atoms with Gasteiger partial charge >= 0.3 is 5.97 Å². The van der Waals surface area contributed by atoms with Crippen molar-refractivity contribution in [3.63, 3.8) is 0 Å². The zero-order valence-corrected chi connectivity index (χ0v) is 20.3. The molecule has 0 aromatic carbocycles. The van der Waals surface area contributed by atoms with Gasteiger partial charge in [-0.25, -0.2) is 0 Å². The number of carbonyl (C=O) groups is 4. The van der Waals surface area contributed by atoms with Gasteiger partial charge in [0.15, 0.2) is 0 Å². The second-order valence-corrected chi connectivity index (χ2v) is 9.33. The molecule has 1 spiro atoms. The molecule has 1 aromatic heterocycles. The number of likely N-dealkylation sites (tertiary alicyclic amines) is 2. The number of nitrogens with one attached hydrogen (secondary N) is 1. The number of aromatic amines is 1. The van der Waals surface area contributed by atoms with Crippen LogP contribution in [0.25, 0.3) is 0 Å². The molecule has 3 aliphatic rings. The Bertz CT molecular complexity index is 925. The van der Waals surface area contributed by atoms with Crippen LogP contribution < -0.4 is 5.56 Å². The van der Waals surface area contributed by atoms with Crippen LogP contribution in [0.5, 0.6) is 0 Å². The maximum Gasteiger partial charge on any atom is 0.312 e. The summed E-state index contributed by atoms with van der Waals surface area (Å²) in [7, 11) is 0. The number of hydrogen-bond donors (Lipinski definition) is 3. The molecule has 3 saturated heterocycles. The number of piperidine rings is 1. The highest BCUT2D eigenvalue weighted by molar-refractivity contribution is 5.94. The minimum atomic E-state index is -0.463. The van der Waals surface area contributed by atoms with Gasteiger partial charge in [0.05, 0.1) is 5.41 Å². The number of rotatable bonds is 4. The summed E-state index contributed by atoms with van der Waals surface area (Å²) in [5.74, 6) is -0.159. The first-order valence-corrected chi connectivity index (χ1v) is 11.8. The van der Waals surface area contributed by atoms with Crippen molar-refractivity contribution in [1.82, 2.24) is 14.8 Å². The minimum Gasteiger partial charge on any atom is -0.483 e. The van der Waals surface area contributed by atoms with E-state index in [1.54, 1.807) is 11.0 Å². The van der Waals surface area contributed by atoms with Crippen LogP contribution in [0.15, 0.2) is 16.9 Å². The fourth-order valence-electron chi connectivity index (χ4n) is 4.90. The van der Waals surface area contributed by atoms with Crippen molar-refractivity contribution in [3.8, 4) is 0 Å². The zero-order valence-electron chi connectivity index (χ0n) is 20.3. The molecule has 0 bridgehead atoms. The number of amides is 1. The van der Waals surface area contributed by atoms with Crippen LogP contribution in [0.3, 0.4) is 0 Å². The van der Waals surface area contributed by atoms with Gasteiger partial charge in [-0.2, -0.15) is 0 Å². The summed E-state index contributed by atoms with van der Waals surface area (Å²) >= 11 is 0. The smallest absolute Gasteiger partial charge is 0.312 e. The van der Waals surface area contributed by atoms with Crippen LogP contribution in [-0.2, 0) is 19.1 Å². The van der Waals surface area contributed by atoms with Gasteiger partial charge in [0.25, 0.3) is 24.4 Å². The van der Waals surface area contributed by atoms with Crippen molar-refractivity contribution >= 4 is 24.8 Å². The van der Waals surface area contributed by atoms with Crippen LogP contribution in [0, 0.1) is 5.41 Å². The standard InChI is InChI=1S/C22H31N3O4.2CH2O2/c1-15(2)18-6-5-17(19(26)23-18)20(27)25-11-7-22(8-12-25)13-16(29-21(22)28)14-24-9-3-4-10-24;2*2-1-3/h5-6,15-16H,3-4,7-14H2,1-2H3,(H,23,26);2*1H,(H,2,3). The zero-order chi connectivity index (χ0) is 26.0. The average molecular weight is 494 g/mol. The van der Waals surface area contributed by atoms with Crippen LogP contribution >= 0.6 is 0 Å². The summed E-state index contributed by atoms with van der Waals surface area (Å²) in [6.45, 7) is 7.46. The third kappa shape index (κ3) is 7.14. The molecule has 11 nitrogen and oxygen atoms in total. The van der Waals surface area contributed by atoms with Crippen LogP contribution in [0.1, 0.15) is 67.9 Å². The van der Waals surface area contributed by atoms with Crippen molar-refractivity contribution in [1.29, 1.82) is 0 Å². The summed E-state index contributed by atoms with van der Waals surface area (Å²) in [6.07, 6.45) is 4.37. The van der Waals surface area contributed by atoms with E-state index >= 15 is 0 Å². The van der Waals surface area contributed by atoms with Crippen molar-refractivity contribution in [3.05, 3.63) is 33.7 Å². The fraction of sp³-hybridized carbons (Fsp3) is 0.625. The van der Waals surface area contributed by atoms with E-state index in [9.17, 15) is 14.4 Å². The quantitative estimate of drug-likeness (QED) is 0.418. The Balaban J connectivity index is 0.000000655. The maximum atomic E-state index is 12.9. The molecule has 35 heavy (non-hydrogen) atoms. The van der Waals surface area contributed by atoms with E-state index in [4.69, 9.17) is 24.5 Å². The highest BCUT2D eigenvalue weighted by Gasteiger charge is 2.51. The molecule has 0 aliphatic carbocycles. The third-order valence-electron chi connectivity index (χ3n) is 6.78. The predicted octanol–water partition coefficient (Wildman–Crippen LogP) is 1.53. The molecule has 1 atom stereocenters. The second kappa shape index (κ2) is 13.0. The molecule has 1 aromatic rings. The van der Waals surface area contributed by atoms with Gasteiger partial charge in [-0.15, -0.1) is 0 Å². The molecule has 0 radical (unpaired) electrons. The molecule has 0 saturated carbocycles. The van der Waals surface area contributed by atoms with E-state index < -0.39 is 5.41 Å². The third-order valence-corrected chi connectivity index (χ3v) is 6.78. The number of carbonyl (C=O) groups excluding carboxylic acids is 2. The Hall–Kier alpha value is -3.21. The first kappa shape index (κ1) is 28.0. The van der Waals surface area contributed by atoms with Crippen LogP contribution in [0.2, 0.25) is 0 Å². The molecule has 3 aliphatic heterocycles. The van der Waals surface area contributed by atoms with Crippen molar-refractivity contribution in [2.45, 2.75) is 58.0 Å². The molecule has 1 amide bonds. The lowest BCUT2D eigenvalue weighted by Crippen LogP contribution is -2.46. The fourth-order valence-corrected chi connectivity index (χ4v) is 4.90. The molecule has 4 heterocycles. The first-order valence-electron chi connectivity index (χ1n) is 11.8. The van der Waals surface area contributed by atoms with Crippen molar-refractivity contribution in [2.24, 2.45) is 5.41 Å². The highest BCUT2D eigenvalue weighted by atomic mass is 16.6. The molecule has 11 heteroatoms. The molecule has 1 unspecified atom stereocenters. The van der Waals surface area contributed by atoms with Gasteiger partial charge in [-0.1, -0.05) is 13.8 Å². The largest absolute Gasteiger partial charge is 0.483 e. The lowest BCUT2D eigenvalue weighted by atomic mass is 9.76. The van der Waals surface area contributed by atoms with E-state index in [-0.39, 0.29) is 48.0 Å². The number of aromatic nitrogens is 1. The highest BCUT2D eigenvalue weighted by Crippen LogP contribution is 2.43. The summed E-state index contributed by atoms with van der Waals surface area (Å²) in [4.78, 5) is 61.5. The van der Waals surface area contributed by atoms with Gasteiger partial charge in [0.2, 0.25) is 0 Å². The molecule has 3 fully saturated rings. The summed E-state index contributed by atoms with van der Waals surface area (Å²) in [5, 5.41) is 13.8. The number of hydrogen-bond acceptors (Lipinski definition) is 7. The SMILES string of the molecule is CC(C)c1ccc(C(=O)N2CCC3(CC2)CC(CN2CCCC2)OC3=O)c(=O)[nH]1.O=CO.O=CO. The predicted molar refractivity (Wildman–Crippen MR) is 126 cm³/mol. The Kier molecular flexibility index (Phi) is 10.4. The van der Waals surface area contributed by atoms with E-state index in [2.05, 4.69) is 9.88 Å². The normalized spacial score (nSPS) is 20.9. The minimum absolute atomic E-state index is 0.0331. The average Bonchev–Trinajstić information content (AvgIpc) is 3.43. The second-order valence-electron chi connectivity index (χ2n) is 9.33. The van der Waals surface area contributed by atoms with Gasteiger partial charge in [0.1, 0.15) is 11.7 Å². The maximum absolute atomic E-state index is 12.9. The topological polar surface area (TPSA) is 157 Å². The number of pyridine rings is 1. The van der Waals surface area contributed by atoms with E-state index in [1.807, 2.05) is 19.9 Å². The van der Waals surface area contributed by atoms with Gasteiger partial charge in [0, 0.05) is 31.7 Å². The Morgan fingerprint density at radius 1 is 1.11 bits per heavy atom. The Labute approximate surface area is 204 Å². The monoisotopic (exact) mass is 493 g/mol. The summed E-state index contributed by atoms with van der Waals surface area (Å²) in [6, 6.07) is 3.43. The Morgan fingerprint density at radius 2 is 1.69 bits per heavy atom. The van der Waals surface area contributed by atoms with Gasteiger partial charge in [-0.3, -0.25) is 28.9 Å². The lowest BCUT2D eigenvalue weighted by molar-refractivity contribution is -0.151. The van der Waals surface area contributed by atoms with E-state index in [1.165, 1.54) is 12.8 Å². The van der Waals surface area contributed by atoms with Crippen molar-refractivity contribution in [2.75, 3.05) is 32.7 Å². The molecule has 4 rings (SSSR count). The number of carboxylic acid groups (broad SMARTS) is 2. The van der Waals surface area contributed by atoms with Crippen LogP contribution in [-0.4, -0.2) is 88.6 Å². The summed E-state index contributed by atoms with van der Waals surface area (Å²) < 4.78 is 5.71. The molecule has 194 valence electrons. The first-order chi connectivity index (χ1) is 16.7. The molecule has 3 N–H and O–H groups in total. The number of cyclic esters (lactones) is 1. The number of esters is 1. The Morgan fingerprint density at radius 3 is 2.20 bits per heavy atom. The van der Waals surface area contributed by atoms with Gasteiger partial charge < -0.3 is 24.8 Å². The molecular formula is C24H35N3O8. The van der Waals surface area contributed by atoms with Crippen molar-refractivity contribution < 1.29 is 34.1 Å². The van der Waals surface area contributed by atoms with Gasteiger partial charge in [-0.05, 0) is 56.8 Å². The summed E-state index contributed by atoms with van der Waals surface area (Å²) in [5.41, 5.74) is 0.190. The van der Waals surface area contributed by atoms with E-state index in [0.29, 0.717) is 25.9 Å². The number of H-pyrrole nitrogens is 1.